The number of hydrogen-bond acceptors (Lipinski definition) is 2. The summed E-state index contributed by atoms with van der Waals surface area (Å²) in [6.45, 7) is -0.250. The van der Waals surface area contributed by atoms with E-state index in [2.05, 4.69) is 0 Å². The van der Waals surface area contributed by atoms with E-state index in [0.29, 0.717) is 0 Å². The first-order chi connectivity index (χ1) is 1.91. The van der Waals surface area contributed by atoms with Gasteiger partial charge in [-0.3, -0.25) is 0 Å². The fourth-order valence-corrected chi connectivity index (χ4v) is 0. The first-order valence-corrected chi connectivity index (χ1v) is 1.13. The average Bonchev–Trinajstić information content (AvgIpc) is 1.37. The molecule has 2 N–H and O–H groups in total. The molecule has 0 saturated heterocycles. The van der Waals surface area contributed by atoms with Gasteiger partial charge < -0.3 is 10.2 Å². The van der Waals surface area contributed by atoms with Gasteiger partial charge in [-0.15, -0.1) is 0 Å². The fourth-order valence-electron chi connectivity index (χ4n) is 0. The second-order valence-electron chi connectivity index (χ2n) is 0.447. The molecule has 6 heavy (non-hydrogen) atoms. The predicted octanol–water partition coefficient (Wildman–Crippen LogP) is -5.48. The van der Waals surface area contributed by atoms with Crippen LogP contribution < -0.4 is 51.4 Å². The van der Waals surface area contributed by atoms with Crippen molar-refractivity contribution in [1.82, 2.24) is 0 Å². The van der Waals surface area contributed by atoms with E-state index in [0.717, 1.165) is 0 Å². The van der Waals surface area contributed by atoms with Crippen LogP contribution in [0.5, 0.6) is 0 Å². The third kappa shape index (κ3) is 17.5. The van der Waals surface area contributed by atoms with Crippen molar-refractivity contribution in [3.8, 4) is 0 Å². The van der Waals surface area contributed by atoms with Crippen molar-refractivity contribution in [3.63, 3.8) is 0 Å². The van der Waals surface area contributed by atoms with Gasteiger partial charge in [0.1, 0.15) is 0 Å². The zero-order chi connectivity index (χ0) is 3.41. The Labute approximate surface area is 81.9 Å². The van der Waals surface area contributed by atoms with Gasteiger partial charge in [0, 0.05) is 0 Å². The molecule has 0 radical (unpaired) electrons. The molecule has 4 heteroatoms. The van der Waals surface area contributed by atoms with Crippen LogP contribution in [0, 0.1) is 0 Å². The van der Waals surface area contributed by atoms with Crippen LogP contribution in [0.1, 0.15) is 0 Å². The molecule has 0 amide bonds. The van der Waals surface area contributed by atoms with Crippen LogP contribution in [0.2, 0.25) is 0 Å². The van der Waals surface area contributed by atoms with Crippen LogP contribution in [-0.4, -0.2) is 31.8 Å². The van der Waals surface area contributed by atoms with Crippen molar-refractivity contribution in [1.29, 1.82) is 0 Å². The maximum absolute atomic E-state index is 7.62. The molecule has 0 rings (SSSR count). The summed E-state index contributed by atoms with van der Waals surface area (Å²) in [7, 11) is 0. The van der Waals surface area contributed by atoms with Gasteiger partial charge in [0.2, 0.25) is 0 Å². The van der Waals surface area contributed by atoms with Gasteiger partial charge in [-0.2, -0.15) is 0 Å². The third-order valence-electron chi connectivity index (χ3n) is 0.1000. The maximum atomic E-state index is 7.62. The summed E-state index contributed by atoms with van der Waals surface area (Å²) in [5.74, 6) is 0. The van der Waals surface area contributed by atoms with Crippen molar-refractivity contribution in [3.05, 3.63) is 0 Å². The van der Waals surface area contributed by atoms with Crippen molar-refractivity contribution in [2.45, 2.75) is 0 Å². The molecule has 0 spiro atoms. The smallest absolute Gasteiger partial charge is 0.394 e. The largest absolute Gasteiger partial charge is 1.00 e. The normalized spacial score (nSPS) is 5.00. The van der Waals surface area contributed by atoms with Gasteiger partial charge in [-0.05, 0) is 0 Å². The third-order valence-corrected chi connectivity index (χ3v) is 0.1000. The molecule has 0 unspecified atom stereocenters. The van der Waals surface area contributed by atoms with E-state index in [1.54, 1.807) is 0 Å². The van der Waals surface area contributed by atoms with Gasteiger partial charge in [-0.1, -0.05) is 8.41 Å². The molecule has 0 heterocycles. The van der Waals surface area contributed by atoms with Crippen molar-refractivity contribution in [2.24, 2.45) is 0 Å². The van der Waals surface area contributed by atoms with Crippen molar-refractivity contribution >= 4 is 8.41 Å². The van der Waals surface area contributed by atoms with Gasteiger partial charge >= 0.3 is 51.4 Å². The standard InChI is InChI=1S/C2H6O2.BH4.K/c3-1-2-4;;/h3-4H,1-2H2;1H4;/q;-1;+1. The molecule has 0 aliphatic rings. The zero-order valence-electron chi connectivity index (χ0n) is 3.31. The van der Waals surface area contributed by atoms with Gasteiger partial charge in [0.15, 0.2) is 0 Å². The second-order valence-corrected chi connectivity index (χ2v) is 0.447. The van der Waals surface area contributed by atoms with E-state index >= 15 is 0 Å². The van der Waals surface area contributed by atoms with Crippen molar-refractivity contribution < 1.29 is 61.6 Å². The topological polar surface area (TPSA) is 40.5 Å². The number of rotatable bonds is 1. The fraction of sp³-hybridized carbons (Fsp3) is 1.00. The first-order valence-electron chi connectivity index (χ1n) is 1.13. The molecular formula is C2H10BKO2. The van der Waals surface area contributed by atoms with E-state index in [4.69, 9.17) is 10.2 Å². The minimum absolute atomic E-state index is 0. The number of aliphatic hydroxyl groups excluding tert-OH is 2. The van der Waals surface area contributed by atoms with Crippen LogP contribution in [0.25, 0.3) is 0 Å². The SMILES string of the molecule is OCCO.[BH4-].[K+]. The summed E-state index contributed by atoms with van der Waals surface area (Å²) in [5, 5.41) is 15.2. The Morgan fingerprint density at radius 1 is 1.00 bits per heavy atom. The average molecular weight is 116 g/mol. The Morgan fingerprint density at radius 2 is 1.17 bits per heavy atom. The second kappa shape index (κ2) is 16.0. The van der Waals surface area contributed by atoms with E-state index in [-0.39, 0.29) is 73.0 Å². The van der Waals surface area contributed by atoms with E-state index in [1.807, 2.05) is 0 Å². The molecule has 0 bridgehead atoms. The molecule has 0 aromatic heterocycles. The summed E-state index contributed by atoms with van der Waals surface area (Å²) in [6, 6.07) is 0. The molecular weight excluding hydrogens is 106 g/mol. The molecule has 0 aliphatic heterocycles. The van der Waals surface area contributed by atoms with Crippen LogP contribution in [0.4, 0.5) is 0 Å². The Balaban J connectivity index is -0.0000000450. The molecule has 0 atom stereocenters. The van der Waals surface area contributed by atoms with E-state index < -0.39 is 0 Å². The minimum atomic E-state index is -0.125. The number of hydrogen-bond donors (Lipinski definition) is 2. The van der Waals surface area contributed by atoms with Gasteiger partial charge in [0.05, 0.1) is 13.2 Å². The van der Waals surface area contributed by atoms with Crippen LogP contribution in [0.15, 0.2) is 0 Å². The Bertz CT molecular complexity index is 13.5. The van der Waals surface area contributed by atoms with E-state index in [9.17, 15) is 0 Å². The summed E-state index contributed by atoms with van der Waals surface area (Å²) >= 11 is 0. The molecule has 0 saturated carbocycles. The summed E-state index contributed by atoms with van der Waals surface area (Å²) < 4.78 is 0. The van der Waals surface area contributed by atoms with Crippen LogP contribution in [-0.2, 0) is 0 Å². The molecule has 0 fully saturated rings. The van der Waals surface area contributed by atoms with Gasteiger partial charge in [-0.25, -0.2) is 0 Å². The molecule has 0 aromatic carbocycles. The monoisotopic (exact) mass is 116 g/mol. The molecule has 0 aliphatic carbocycles. The molecule has 34 valence electrons. The Morgan fingerprint density at radius 3 is 1.17 bits per heavy atom. The number of aliphatic hydroxyl groups is 2. The maximum Gasteiger partial charge on any atom is 1.00 e. The summed E-state index contributed by atoms with van der Waals surface area (Å²) in [4.78, 5) is 0. The first kappa shape index (κ1) is 15.6. The van der Waals surface area contributed by atoms with Crippen molar-refractivity contribution in [2.75, 3.05) is 13.2 Å². The van der Waals surface area contributed by atoms with E-state index in [1.165, 1.54) is 0 Å². The summed E-state index contributed by atoms with van der Waals surface area (Å²) in [5.41, 5.74) is 0. The van der Waals surface area contributed by atoms with Crippen LogP contribution >= 0.6 is 0 Å². The Hall–Kier alpha value is 1.62. The predicted molar refractivity (Wildman–Crippen MR) is 25.5 cm³/mol. The molecule has 0 aromatic rings. The van der Waals surface area contributed by atoms with Gasteiger partial charge in [0.25, 0.3) is 0 Å². The molecule has 2 nitrogen and oxygen atoms in total. The Kier molecular flexibility index (Phi) is 41.6. The summed E-state index contributed by atoms with van der Waals surface area (Å²) in [6.07, 6.45) is 0. The zero-order valence-corrected chi connectivity index (χ0v) is 6.43. The quantitative estimate of drug-likeness (QED) is 0.335. The minimum Gasteiger partial charge on any atom is -0.394 e. The van der Waals surface area contributed by atoms with Crippen LogP contribution in [0.3, 0.4) is 0 Å².